The van der Waals surface area contributed by atoms with E-state index in [9.17, 15) is 0 Å². The summed E-state index contributed by atoms with van der Waals surface area (Å²) in [5.74, 6) is 1.11. The Kier molecular flexibility index (Phi) is 5.26. The molecule has 0 bridgehead atoms. The van der Waals surface area contributed by atoms with Gasteiger partial charge < -0.3 is 9.73 Å². The summed E-state index contributed by atoms with van der Waals surface area (Å²) < 4.78 is 5.67. The first-order valence-corrected chi connectivity index (χ1v) is 7.30. The monoisotopic (exact) mass is 250 g/mol. The molecule has 0 aromatic carbocycles. The van der Waals surface area contributed by atoms with Crippen molar-refractivity contribution in [1.82, 2.24) is 10.2 Å². The highest BCUT2D eigenvalue weighted by molar-refractivity contribution is 5.12. The van der Waals surface area contributed by atoms with E-state index in [4.69, 9.17) is 4.42 Å². The van der Waals surface area contributed by atoms with Crippen LogP contribution in [0, 0.1) is 0 Å². The van der Waals surface area contributed by atoms with Crippen LogP contribution in [0.1, 0.15) is 50.9 Å². The lowest BCUT2D eigenvalue weighted by Crippen LogP contribution is -2.31. The van der Waals surface area contributed by atoms with Crippen LogP contribution in [0.5, 0.6) is 0 Å². The van der Waals surface area contributed by atoms with Crippen LogP contribution in [-0.4, -0.2) is 24.0 Å². The summed E-state index contributed by atoms with van der Waals surface area (Å²) in [7, 11) is 0. The lowest BCUT2D eigenvalue weighted by Gasteiger charge is -2.25. The maximum absolute atomic E-state index is 5.67. The van der Waals surface area contributed by atoms with Crippen molar-refractivity contribution in [2.45, 2.75) is 58.7 Å². The van der Waals surface area contributed by atoms with E-state index in [1.807, 2.05) is 6.26 Å². The number of hydrogen-bond donors (Lipinski definition) is 1. The molecule has 0 spiro atoms. The molecule has 2 heterocycles. The van der Waals surface area contributed by atoms with Crippen LogP contribution in [0.25, 0.3) is 0 Å². The normalized spacial score (nSPS) is 22.0. The molecule has 1 aliphatic heterocycles. The topological polar surface area (TPSA) is 28.4 Å². The van der Waals surface area contributed by atoms with Gasteiger partial charge in [0, 0.05) is 18.2 Å². The molecular weight excluding hydrogens is 224 g/mol. The summed E-state index contributed by atoms with van der Waals surface area (Å²) in [6, 6.07) is 2.88. The molecule has 1 saturated heterocycles. The fraction of sp³-hybridized carbons (Fsp3) is 0.733. The molecule has 102 valence electrons. The molecule has 1 unspecified atom stereocenters. The second kappa shape index (κ2) is 6.95. The molecule has 0 amide bonds. The Hall–Kier alpha value is -0.800. The van der Waals surface area contributed by atoms with E-state index in [1.165, 1.54) is 37.8 Å². The number of furan rings is 1. The molecule has 3 heteroatoms. The zero-order valence-electron chi connectivity index (χ0n) is 11.7. The maximum atomic E-state index is 5.67. The van der Waals surface area contributed by atoms with Crippen molar-refractivity contribution in [2.75, 3.05) is 13.1 Å². The van der Waals surface area contributed by atoms with Gasteiger partial charge in [-0.3, -0.25) is 4.90 Å². The van der Waals surface area contributed by atoms with Gasteiger partial charge in [-0.15, -0.1) is 0 Å². The third kappa shape index (κ3) is 3.85. The highest BCUT2D eigenvalue weighted by atomic mass is 16.3. The minimum Gasteiger partial charge on any atom is -0.468 e. The minimum atomic E-state index is 0.690. The van der Waals surface area contributed by atoms with E-state index < -0.39 is 0 Å². The van der Waals surface area contributed by atoms with E-state index in [1.54, 1.807) is 0 Å². The Morgan fingerprint density at radius 1 is 1.39 bits per heavy atom. The summed E-state index contributed by atoms with van der Waals surface area (Å²) >= 11 is 0. The van der Waals surface area contributed by atoms with Crippen molar-refractivity contribution in [1.29, 1.82) is 0 Å². The Morgan fingerprint density at radius 3 is 3.11 bits per heavy atom. The van der Waals surface area contributed by atoms with Gasteiger partial charge in [0.15, 0.2) is 0 Å². The van der Waals surface area contributed by atoms with E-state index in [-0.39, 0.29) is 0 Å². The standard InChI is InChI=1S/C15H26N2O/c1-3-16-10-14-9-15(18-12-14)11-17-8-6-4-5-7-13(17)2/h9,12-13,16H,3-8,10-11H2,1-2H3. The molecule has 1 fully saturated rings. The summed E-state index contributed by atoms with van der Waals surface area (Å²) in [4.78, 5) is 2.56. The maximum Gasteiger partial charge on any atom is 0.118 e. The van der Waals surface area contributed by atoms with Gasteiger partial charge in [-0.05, 0) is 38.9 Å². The van der Waals surface area contributed by atoms with Crippen LogP contribution < -0.4 is 5.32 Å². The molecule has 1 aliphatic rings. The molecule has 2 rings (SSSR count). The lowest BCUT2D eigenvalue weighted by molar-refractivity contribution is 0.189. The molecule has 1 aromatic rings. The first-order valence-electron chi connectivity index (χ1n) is 7.30. The number of nitrogens with one attached hydrogen (secondary N) is 1. The first-order chi connectivity index (χ1) is 8.79. The van der Waals surface area contributed by atoms with Gasteiger partial charge in [-0.1, -0.05) is 19.8 Å². The van der Waals surface area contributed by atoms with Crippen molar-refractivity contribution in [3.63, 3.8) is 0 Å². The largest absolute Gasteiger partial charge is 0.468 e. The van der Waals surface area contributed by atoms with Gasteiger partial charge >= 0.3 is 0 Å². The van der Waals surface area contributed by atoms with Crippen molar-refractivity contribution in [2.24, 2.45) is 0 Å². The molecule has 0 aliphatic carbocycles. The smallest absolute Gasteiger partial charge is 0.118 e. The lowest BCUT2D eigenvalue weighted by atomic mass is 10.1. The van der Waals surface area contributed by atoms with Crippen LogP contribution >= 0.6 is 0 Å². The molecule has 1 N–H and O–H groups in total. The summed E-state index contributed by atoms with van der Waals surface area (Å²) in [5.41, 5.74) is 1.26. The van der Waals surface area contributed by atoms with Crippen molar-refractivity contribution >= 4 is 0 Å². The van der Waals surface area contributed by atoms with E-state index in [0.29, 0.717) is 6.04 Å². The molecule has 18 heavy (non-hydrogen) atoms. The van der Waals surface area contributed by atoms with E-state index >= 15 is 0 Å². The average molecular weight is 250 g/mol. The van der Waals surface area contributed by atoms with Crippen LogP contribution in [-0.2, 0) is 13.1 Å². The predicted octanol–water partition coefficient (Wildman–Crippen LogP) is 3.15. The minimum absolute atomic E-state index is 0.690. The van der Waals surface area contributed by atoms with Gasteiger partial charge in [-0.2, -0.15) is 0 Å². The third-order valence-electron chi connectivity index (χ3n) is 3.84. The van der Waals surface area contributed by atoms with Gasteiger partial charge in [0.05, 0.1) is 12.8 Å². The van der Waals surface area contributed by atoms with Crippen LogP contribution in [0.15, 0.2) is 16.7 Å². The summed E-state index contributed by atoms with van der Waals surface area (Å²) in [5, 5.41) is 3.33. The summed E-state index contributed by atoms with van der Waals surface area (Å²) in [6.07, 6.45) is 7.30. The van der Waals surface area contributed by atoms with Gasteiger partial charge in [0.25, 0.3) is 0 Å². The van der Waals surface area contributed by atoms with Gasteiger partial charge in [0.2, 0.25) is 0 Å². The fourth-order valence-electron chi connectivity index (χ4n) is 2.64. The number of rotatable bonds is 5. The Bertz CT molecular complexity index is 348. The molecule has 3 nitrogen and oxygen atoms in total. The quantitative estimate of drug-likeness (QED) is 0.870. The second-order valence-corrected chi connectivity index (χ2v) is 5.37. The van der Waals surface area contributed by atoms with Crippen LogP contribution in [0.2, 0.25) is 0 Å². The zero-order chi connectivity index (χ0) is 12.8. The number of nitrogens with zero attached hydrogens (tertiary/aromatic N) is 1. The Balaban J connectivity index is 1.89. The van der Waals surface area contributed by atoms with Crippen molar-refractivity contribution in [3.05, 3.63) is 23.7 Å². The third-order valence-corrected chi connectivity index (χ3v) is 3.84. The Morgan fingerprint density at radius 2 is 2.28 bits per heavy atom. The Labute approximate surface area is 111 Å². The van der Waals surface area contributed by atoms with Crippen LogP contribution in [0.4, 0.5) is 0 Å². The van der Waals surface area contributed by atoms with Gasteiger partial charge in [0.1, 0.15) is 5.76 Å². The summed E-state index contributed by atoms with van der Waals surface area (Å²) in [6.45, 7) is 8.56. The van der Waals surface area contributed by atoms with Gasteiger partial charge in [-0.25, -0.2) is 0 Å². The van der Waals surface area contributed by atoms with Crippen molar-refractivity contribution < 1.29 is 4.42 Å². The molecule has 0 saturated carbocycles. The molecule has 1 aromatic heterocycles. The van der Waals surface area contributed by atoms with E-state index in [2.05, 4.69) is 30.1 Å². The molecule has 1 atom stereocenters. The number of likely N-dealkylation sites (tertiary alicyclic amines) is 1. The number of hydrogen-bond acceptors (Lipinski definition) is 3. The zero-order valence-corrected chi connectivity index (χ0v) is 11.7. The average Bonchev–Trinajstić information content (AvgIpc) is 2.72. The highest BCUT2D eigenvalue weighted by Crippen LogP contribution is 2.19. The van der Waals surface area contributed by atoms with Crippen LogP contribution in [0.3, 0.4) is 0 Å². The fourth-order valence-corrected chi connectivity index (χ4v) is 2.64. The predicted molar refractivity (Wildman–Crippen MR) is 74.4 cm³/mol. The van der Waals surface area contributed by atoms with E-state index in [0.717, 1.165) is 25.4 Å². The SMILES string of the molecule is CCNCc1coc(CN2CCCCCC2C)c1. The second-order valence-electron chi connectivity index (χ2n) is 5.37. The molecule has 0 radical (unpaired) electrons. The molecular formula is C15H26N2O. The first kappa shape index (κ1) is 13.6. The van der Waals surface area contributed by atoms with Crippen molar-refractivity contribution in [3.8, 4) is 0 Å². The highest BCUT2D eigenvalue weighted by Gasteiger charge is 2.18.